The maximum Gasteiger partial charge on any atom is 0.0565 e. The predicted octanol–water partition coefficient (Wildman–Crippen LogP) is 1.86. The van der Waals surface area contributed by atoms with E-state index in [9.17, 15) is 0 Å². The van der Waals surface area contributed by atoms with Gasteiger partial charge in [-0.05, 0) is 32.2 Å². The highest BCUT2D eigenvalue weighted by molar-refractivity contribution is 4.95. The average Bonchev–Trinajstić information content (AvgIpc) is 2.14. The lowest BCUT2D eigenvalue weighted by atomic mass is 9.83. The quantitative estimate of drug-likeness (QED) is 0.801. The summed E-state index contributed by atoms with van der Waals surface area (Å²) >= 11 is 0. The van der Waals surface area contributed by atoms with Crippen LogP contribution in [-0.4, -0.2) is 43.3 Å². The van der Waals surface area contributed by atoms with Crippen LogP contribution in [0.15, 0.2) is 0 Å². The van der Waals surface area contributed by atoms with E-state index in [0.29, 0.717) is 11.5 Å². The average molecular weight is 228 g/mol. The Labute approximate surface area is 100 Å². The van der Waals surface area contributed by atoms with Crippen molar-refractivity contribution in [2.24, 2.45) is 11.1 Å². The molecule has 3 heteroatoms. The first-order chi connectivity index (χ1) is 7.29. The van der Waals surface area contributed by atoms with Gasteiger partial charge in [-0.1, -0.05) is 20.8 Å². The van der Waals surface area contributed by atoms with Crippen LogP contribution < -0.4 is 5.73 Å². The highest BCUT2D eigenvalue weighted by Gasteiger charge is 2.38. The fraction of sp³-hybridized carbons (Fsp3) is 1.00. The van der Waals surface area contributed by atoms with Crippen molar-refractivity contribution in [1.82, 2.24) is 4.90 Å². The molecule has 2 atom stereocenters. The number of hydrogen-bond donors (Lipinski definition) is 1. The van der Waals surface area contributed by atoms with Crippen LogP contribution in [0.3, 0.4) is 0 Å². The van der Waals surface area contributed by atoms with Gasteiger partial charge < -0.3 is 10.5 Å². The number of likely N-dealkylation sites (N-methyl/N-ethyl adjacent to an activating group) is 1. The molecule has 1 rings (SSSR count). The van der Waals surface area contributed by atoms with E-state index >= 15 is 0 Å². The van der Waals surface area contributed by atoms with Crippen molar-refractivity contribution in [1.29, 1.82) is 0 Å². The molecule has 1 aliphatic rings. The van der Waals surface area contributed by atoms with Gasteiger partial charge in [0.25, 0.3) is 0 Å². The van der Waals surface area contributed by atoms with Crippen molar-refractivity contribution >= 4 is 0 Å². The summed E-state index contributed by atoms with van der Waals surface area (Å²) in [6.07, 6.45) is 2.44. The summed E-state index contributed by atoms with van der Waals surface area (Å²) in [5.41, 5.74) is 6.48. The smallest absolute Gasteiger partial charge is 0.0565 e. The monoisotopic (exact) mass is 228 g/mol. The fourth-order valence-electron chi connectivity index (χ4n) is 2.71. The number of rotatable bonds is 3. The zero-order chi connectivity index (χ0) is 12.4. The van der Waals surface area contributed by atoms with Gasteiger partial charge in [-0.15, -0.1) is 0 Å². The van der Waals surface area contributed by atoms with Crippen LogP contribution in [0.25, 0.3) is 0 Å². The second-order valence-electron chi connectivity index (χ2n) is 6.48. The topological polar surface area (TPSA) is 38.5 Å². The molecule has 0 saturated carbocycles. The molecular formula is C13H28N2O. The number of nitrogens with two attached hydrogens (primary N) is 1. The maximum atomic E-state index is 6.02. The van der Waals surface area contributed by atoms with Crippen LogP contribution in [0.2, 0.25) is 0 Å². The highest BCUT2D eigenvalue weighted by atomic mass is 16.5. The first-order valence-electron chi connectivity index (χ1n) is 6.32. The van der Waals surface area contributed by atoms with Gasteiger partial charge in [-0.2, -0.15) is 0 Å². The molecule has 1 aliphatic heterocycles. The van der Waals surface area contributed by atoms with Crippen molar-refractivity contribution < 1.29 is 4.74 Å². The largest absolute Gasteiger partial charge is 0.378 e. The molecule has 3 nitrogen and oxygen atoms in total. The van der Waals surface area contributed by atoms with E-state index in [1.54, 1.807) is 0 Å². The normalized spacial score (nSPS) is 32.1. The van der Waals surface area contributed by atoms with Crippen molar-refractivity contribution in [2.75, 3.05) is 26.7 Å². The number of nitrogens with zero attached hydrogens (tertiary/aromatic N) is 1. The fourth-order valence-corrected chi connectivity index (χ4v) is 2.71. The van der Waals surface area contributed by atoms with E-state index < -0.39 is 0 Å². The molecule has 0 bridgehead atoms. The minimum atomic E-state index is 0.144. The van der Waals surface area contributed by atoms with Crippen LogP contribution in [0.5, 0.6) is 0 Å². The minimum absolute atomic E-state index is 0.144. The van der Waals surface area contributed by atoms with Crippen LogP contribution in [0, 0.1) is 5.41 Å². The summed E-state index contributed by atoms with van der Waals surface area (Å²) in [6.45, 7) is 11.6. The van der Waals surface area contributed by atoms with Crippen LogP contribution in [0.1, 0.15) is 40.5 Å². The number of ether oxygens (including phenoxy) is 1. The Balaban J connectivity index is 2.71. The summed E-state index contributed by atoms with van der Waals surface area (Å²) in [4.78, 5) is 2.45. The Morgan fingerprint density at radius 1 is 1.44 bits per heavy atom. The molecule has 0 aromatic heterocycles. The zero-order valence-corrected chi connectivity index (χ0v) is 11.5. The Hall–Kier alpha value is -0.120. The van der Waals surface area contributed by atoms with Crippen LogP contribution in [0.4, 0.5) is 0 Å². The molecule has 0 aliphatic carbocycles. The molecule has 2 unspecified atom stereocenters. The third-order valence-electron chi connectivity index (χ3n) is 3.54. The molecule has 0 spiro atoms. The van der Waals surface area contributed by atoms with Crippen LogP contribution >= 0.6 is 0 Å². The zero-order valence-electron chi connectivity index (χ0n) is 11.5. The Morgan fingerprint density at radius 3 is 2.50 bits per heavy atom. The lowest BCUT2D eigenvalue weighted by Gasteiger charge is -2.47. The summed E-state index contributed by atoms with van der Waals surface area (Å²) in [7, 11) is 2.20. The first kappa shape index (κ1) is 13.9. The molecule has 1 saturated heterocycles. The lowest BCUT2D eigenvalue weighted by Crippen LogP contribution is -2.58. The maximum absolute atomic E-state index is 6.02. The lowest BCUT2D eigenvalue weighted by molar-refractivity contribution is -0.0628. The molecule has 0 amide bonds. The van der Waals surface area contributed by atoms with Gasteiger partial charge in [0.2, 0.25) is 0 Å². The van der Waals surface area contributed by atoms with Crippen molar-refractivity contribution in [3.05, 3.63) is 0 Å². The Kier molecular flexibility index (Phi) is 4.38. The van der Waals surface area contributed by atoms with Gasteiger partial charge in [0, 0.05) is 25.2 Å². The Morgan fingerprint density at radius 2 is 2.06 bits per heavy atom. The van der Waals surface area contributed by atoms with Crippen molar-refractivity contribution in [2.45, 2.75) is 52.2 Å². The summed E-state index contributed by atoms with van der Waals surface area (Å²) in [5, 5.41) is 0. The second kappa shape index (κ2) is 5.03. The van der Waals surface area contributed by atoms with Gasteiger partial charge in [0.1, 0.15) is 0 Å². The standard InChI is InChI=1S/C13H28N2O/c1-11-8-13(9-14,6-7-16-11)15(5)10-12(2,3)4/h11H,6-10,14H2,1-5H3. The van der Waals surface area contributed by atoms with E-state index in [1.807, 2.05) is 0 Å². The first-order valence-corrected chi connectivity index (χ1v) is 6.32. The van der Waals surface area contributed by atoms with E-state index in [-0.39, 0.29) is 5.54 Å². The van der Waals surface area contributed by atoms with Gasteiger partial charge in [0.15, 0.2) is 0 Å². The highest BCUT2D eigenvalue weighted by Crippen LogP contribution is 2.31. The van der Waals surface area contributed by atoms with E-state index in [1.165, 1.54) is 0 Å². The number of hydrogen-bond acceptors (Lipinski definition) is 3. The molecule has 0 radical (unpaired) electrons. The Bertz CT molecular complexity index is 224. The van der Waals surface area contributed by atoms with Gasteiger partial charge in [0.05, 0.1) is 6.10 Å². The van der Waals surface area contributed by atoms with Gasteiger partial charge >= 0.3 is 0 Å². The van der Waals surface area contributed by atoms with Gasteiger partial charge in [-0.3, -0.25) is 4.90 Å². The second-order valence-corrected chi connectivity index (χ2v) is 6.48. The third-order valence-corrected chi connectivity index (χ3v) is 3.54. The van der Waals surface area contributed by atoms with Crippen molar-refractivity contribution in [3.63, 3.8) is 0 Å². The SMILES string of the molecule is CC1CC(CN)(N(C)CC(C)(C)C)CCO1. The summed E-state index contributed by atoms with van der Waals surface area (Å²) in [5.74, 6) is 0. The van der Waals surface area contributed by atoms with E-state index in [0.717, 1.165) is 32.5 Å². The minimum Gasteiger partial charge on any atom is -0.378 e. The van der Waals surface area contributed by atoms with E-state index in [4.69, 9.17) is 10.5 Å². The molecule has 1 heterocycles. The molecule has 0 aromatic rings. The third kappa shape index (κ3) is 3.44. The summed E-state index contributed by atoms with van der Waals surface area (Å²) < 4.78 is 5.63. The molecule has 0 aromatic carbocycles. The molecule has 96 valence electrons. The van der Waals surface area contributed by atoms with Crippen LogP contribution in [-0.2, 0) is 4.74 Å². The van der Waals surface area contributed by atoms with Crippen molar-refractivity contribution in [3.8, 4) is 0 Å². The molecular weight excluding hydrogens is 200 g/mol. The van der Waals surface area contributed by atoms with Gasteiger partial charge in [-0.25, -0.2) is 0 Å². The summed E-state index contributed by atoms with van der Waals surface area (Å²) in [6, 6.07) is 0. The molecule has 1 fully saturated rings. The predicted molar refractivity (Wildman–Crippen MR) is 68.5 cm³/mol. The molecule has 16 heavy (non-hydrogen) atoms. The molecule has 2 N–H and O–H groups in total. The van der Waals surface area contributed by atoms with E-state index in [2.05, 4.69) is 39.6 Å².